The summed E-state index contributed by atoms with van der Waals surface area (Å²) in [6.45, 7) is 0. The SMILES string of the molecule is C1=Cc2c(c3cccc(-c4ccc5c(c4)c4ccccc4n5-c4cc(-c5ccccc5)cc(-c5ccccc5)c4)c3n2-c2ccccc2)CC1. The molecule has 0 fully saturated rings. The number of aryl methyl sites for hydroxylation is 1. The van der Waals surface area contributed by atoms with E-state index >= 15 is 0 Å². The van der Waals surface area contributed by atoms with Gasteiger partial charge >= 0.3 is 0 Å². The van der Waals surface area contributed by atoms with E-state index in [1.165, 1.54) is 83.0 Å². The molecule has 7 aromatic carbocycles. The number of aromatic nitrogens is 2. The molecule has 50 heavy (non-hydrogen) atoms. The average Bonchev–Trinajstić information content (AvgIpc) is 3.71. The third-order valence-electron chi connectivity index (χ3n) is 10.4. The van der Waals surface area contributed by atoms with Crippen molar-refractivity contribution in [2.45, 2.75) is 12.8 Å². The maximum absolute atomic E-state index is 2.48. The van der Waals surface area contributed by atoms with Gasteiger partial charge in [-0.15, -0.1) is 0 Å². The number of benzene rings is 7. The summed E-state index contributed by atoms with van der Waals surface area (Å²) in [4.78, 5) is 0. The van der Waals surface area contributed by atoms with Crippen molar-refractivity contribution in [3.8, 4) is 44.8 Å². The van der Waals surface area contributed by atoms with Crippen LogP contribution in [0.2, 0.25) is 0 Å². The topological polar surface area (TPSA) is 9.86 Å². The minimum Gasteiger partial charge on any atom is -0.309 e. The maximum atomic E-state index is 2.48. The van der Waals surface area contributed by atoms with Crippen LogP contribution in [0.15, 0.2) is 176 Å². The average molecular weight is 639 g/mol. The first kappa shape index (κ1) is 28.6. The summed E-state index contributed by atoms with van der Waals surface area (Å²) in [7, 11) is 0. The van der Waals surface area contributed by atoms with Gasteiger partial charge in [0.05, 0.1) is 16.6 Å². The zero-order valence-electron chi connectivity index (χ0n) is 27.6. The number of allylic oxidation sites excluding steroid dienone is 1. The Bertz CT molecular complexity index is 2670. The lowest BCUT2D eigenvalue weighted by Crippen LogP contribution is -2.00. The summed E-state index contributed by atoms with van der Waals surface area (Å²) in [5.74, 6) is 0. The van der Waals surface area contributed by atoms with E-state index in [0.717, 1.165) is 18.5 Å². The fourth-order valence-corrected chi connectivity index (χ4v) is 8.11. The van der Waals surface area contributed by atoms with Gasteiger partial charge in [-0.05, 0) is 101 Å². The molecule has 0 saturated heterocycles. The first-order chi connectivity index (χ1) is 24.8. The van der Waals surface area contributed by atoms with Crippen LogP contribution in [0, 0.1) is 0 Å². The highest BCUT2D eigenvalue weighted by Gasteiger charge is 2.22. The highest BCUT2D eigenvalue weighted by atomic mass is 15.0. The van der Waals surface area contributed by atoms with Crippen molar-refractivity contribution >= 4 is 38.8 Å². The van der Waals surface area contributed by atoms with Gasteiger partial charge in [0, 0.05) is 38.8 Å². The molecule has 0 radical (unpaired) electrons. The van der Waals surface area contributed by atoms with Crippen molar-refractivity contribution in [2.75, 3.05) is 0 Å². The van der Waals surface area contributed by atoms with Crippen LogP contribution in [-0.4, -0.2) is 9.13 Å². The molecule has 0 saturated carbocycles. The molecule has 0 aliphatic heterocycles. The number of para-hydroxylation sites is 3. The minimum absolute atomic E-state index is 1.06. The van der Waals surface area contributed by atoms with Gasteiger partial charge in [0.1, 0.15) is 0 Å². The molecule has 2 heterocycles. The fraction of sp³-hybridized carbons (Fsp3) is 0.0417. The summed E-state index contributed by atoms with van der Waals surface area (Å²) in [5, 5.41) is 3.85. The second-order valence-corrected chi connectivity index (χ2v) is 13.3. The maximum Gasteiger partial charge on any atom is 0.0616 e. The fourth-order valence-electron chi connectivity index (χ4n) is 8.11. The van der Waals surface area contributed by atoms with Crippen LogP contribution in [0.4, 0.5) is 0 Å². The van der Waals surface area contributed by atoms with Crippen LogP contribution in [0.25, 0.3) is 83.5 Å². The lowest BCUT2D eigenvalue weighted by Gasteiger charge is -2.15. The predicted molar refractivity (Wildman–Crippen MR) is 211 cm³/mol. The molecule has 0 amide bonds. The molecule has 0 N–H and O–H groups in total. The van der Waals surface area contributed by atoms with Crippen molar-refractivity contribution in [3.63, 3.8) is 0 Å². The van der Waals surface area contributed by atoms with Crippen LogP contribution in [0.3, 0.4) is 0 Å². The summed E-state index contributed by atoms with van der Waals surface area (Å²) < 4.78 is 4.92. The predicted octanol–water partition coefficient (Wildman–Crippen LogP) is 12.7. The van der Waals surface area contributed by atoms with Crippen LogP contribution >= 0.6 is 0 Å². The van der Waals surface area contributed by atoms with Gasteiger partial charge in [0.15, 0.2) is 0 Å². The van der Waals surface area contributed by atoms with Crippen LogP contribution in [-0.2, 0) is 6.42 Å². The van der Waals surface area contributed by atoms with Gasteiger partial charge in [-0.25, -0.2) is 0 Å². The number of hydrogen-bond donors (Lipinski definition) is 0. The summed E-state index contributed by atoms with van der Waals surface area (Å²) in [6, 6.07) is 62.0. The molecule has 1 aliphatic carbocycles. The summed E-state index contributed by atoms with van der Waals surface area (Å²) in [5.41, 5.74) is 16.1. The Labute approximate surface area is 291 Å². The first-order valence-electron chi connectivity index (χ1n) is 17.5. The monoisotopic (exact) mass is 638 g/mol. The standard InChI is InChI=1S/C48H34N2/c1-4-15-33(16-5-1)36-29-37(34-17-6-2-7-18-34)31-39(30-36)49-45-25-12-11-22-42(45)44-32-35(27-28-47(44)49)40-23-14-24-43-41-21-10-13-26-46(41)50(48(40)43)38-19-8-3-9-20-38/h1-9,11-20,22-32H,10,21H2. The van der Waals surface area contributed by atoms with E-state index in [0.29, 0.717) is 0 Å². The van der Waals surface area contributed by atoms with E-state index in [4.69, 9.17) is 0 Å². The molecule has 0 atom stereocenters. The molecule has 2 aromatic heterocycles. The largest absolute Gasteiger partial charge is 0.309 e. The summed E-state index contributed by atoms with van der Waals surface area (Å²) in [6.07, 6.45) is 6.77. The van der Waals surface area contributed by atoms with Crippen molar-refractivity contribution in [3.05, 3.63) is 187 Å². The minimum atomic E-state index is 1.06. The van der Waals surface area contributed by atoms with Gasteiger partial charge in [-0.1, -0.05) is 127 Å². The molecule has 2 nitrogen and oxygen atoms in total. The third-order valence-corrected chi connectivity index (χ3v) is 10.4. The Balaban J connectivity index is 1.22. The Morgan fingerprint density at radius 3 is 1.78 bits per heavy atom. The molecule has 0 unspecified atom stereocenters. The van der Waals surface area contributed by atoms with E-state index in [2.05, 4.69) is 191 Å². The van der Waals surface area contributed by atoms with Crippen molar-refractivity contribution < 1.29 is 0 Å². The van der Waals surface area contributed by atoms with Gasteiger partial charge in [0.2, 0.25) is 0 Å². The highest BCUT2D eigenvalue weighted by Crippen LogP contribution is 2.42. The Kier molecular flexibility index (Phi) is 6.67. The van der Waals surface area contributed by atoms with Crippen LogP contribution in [0.5, 0.6) is 0 Å². The van der Waals surface area contributed by atoms with Gasteiger partial charge in [-0.2, -0.15) is 0 Å². The number of nitrogens with zero attached hydrogens (tertiary/aromatic N) is 2. The van der Waals surface area contributed by atoms with E-state index in [9.17, 15) is 0 Å². The van der Waals surface area contributed by atoms with Crippen molar-refractivity contribution in [2.24, 2.45) is 0 Å². The normalized spacial score (nSPS) is 12.6. The van der Waals surface area contributed by atoms with E-state index in [-0.39, 0.29) is 0 Å². The Morgan fingerprint density at radius 2 is 1.04 bits per heavy atom. The molecule has 9 aromatic rings. The number of fused-ring (bicyclic) bond motifs is 6. The first-order valence-corrected chi connectivity index (χ1v) is 17.5. The lowest BCUT2D eigenvalue weighted by molar-refractivity contribution is 0.968. The third kappa shape index (κ3) is 4.57. The molecule has 2 heteroatoms. The number of rotatable bonds is 5. The Morgan fingerprint density at radius 1 is 0.400 bits per heavy atom. The molecular formula is C48H34N2. The Hall–Kier alpha value is -6.38. The van der Waals surface area contributed by atoms with Crippen LogP contribution < -0.4 is 0 Å². The second kappa shape index (κ2) is 11.6. The molecular weight excluding hydrogens is 605 g/mol. The van der Waals surface area contributed by atoms with Crippen molar-refractivity contribution in [1.82, 2.24) is 9.13 Å². The second-order valence-electron chi connectivity index (χ2n) is 13.3. The zero-order chi connectivity index (χ0) is 33.0. The van der Waals surface area contributed by atoms with E-state index < -0.39 is 0 Å². The summed E-state index contributed by atoms with van der Waals surface area (Å²) >= 11 is 0. The van der Waals surface area contributed by atoms with Gasteiger partial charge in [-0.3, -0.25) is 0 Å². The molecule has 0 spiro atoms. The smallest absolute Gasteiger partial charge is 0.0616 e. The lowest BCUT2D eigenvalue weighted by atomic mass is 9.97. The van der Waals surface area contributed by atoms with Crippen LogP contribution in [0.1, 0.15) is 17.7 Å². The van der Waals surface area contributed by atoms with E-state index in [1.54, 1.807) is 0 Å². The number of hydrogen-bond acceptors (Lipinski definition) is 0. The van der Waals surface area contributed by atoms with Gasteiger partial charge in [0.25, 0.3) is 0 Å². The molecule has 236 valence electrons. The quantitative estimate of drug-likeness (QED) is 0.178. The van der Waals surface area contributed by atoms with E-state index in [1.807, 2.05) is 0 Å². The molecule has 10 rings (SSSR count). The van der Waals surface area contributed by atoms with Gasteiger partial charge < -0.3 is 9.13 Å². The zero-order valence-corrected chi connectivity index (χ0v) is 27.6. The molecule has 0 bridgehead atoms. The van der Waals surface area contributed by atoms with Crippen molar-refractivity contribution in [1.29, 1.82) is 0 Å². The highest BCUT2D eigenvalue weighted by molar-refractivity contribution is 6.12. The molecule has 1 aliphatic rings.